The molecule has 0 fully saturated rings. The molecule has 0 bridgehead atoms. The van der Waals surface area contributed by atoms with Crippen molar-refractivity contribution in [2.24, 2.45) is 10.8 Å². The number of benzene rings is 3. The van der Waals surface area contributed by atoms with Crippen molar-refractivity contribution in [1.82, 2.24) is 5.43 Å². The van der Waals surface area contributed by atoms with Crippen LogP contribution < -0.4 is 20.2 Å². The molecule has 10 heteroatoms. The maximum absolute atomic E-state index is 13.5. The van der Waals surface area contributed by atoms with Gasteiger partial charge in [-0.2, -0.15) is 5.10 Å². The van der Waals surface area contributed by atoms with Crippen molar-refractivity contribution in [1.29, 1.82) is 0 Å². The van der Waals surface area contributed by atoms with Gasteiger partial charge in [-0.05, 0) is 86.0 Å². The number of hydrogen-bond donors (Lipinski definition) is 2. The zero-order chi connectivity index (χ0) is 26.3. The van der Waals surface area contributed by atoms with Gasteiger partial charge in [-0.15, -0.1) is 0 Å². The number of primary amides is 1. The van der Waals surface area contributed by atoms with Gasteiger partial charge in [0.25, 0.3) is 21.8 Å². The topological polar surface area (TPSA) is 131 Å². The third-order valence-corrected chi connectivity index (χ3v) is 6.84. The van der Waals surface area contributed by atoms with E-state index in [1.54, 1.807) is 48.5 Å². The molecule has 2 amide bonds. The van der Waals surface area contributed by atoms with E-state index in [0.29, 0.717) is 17.0 Å². The first-order valence-corrected chi connectivity index (χ1v) is 12.5. The molecule has 3 rings (SSSR count). The van der Waals surface area contributed by atoms with Gasteiger partial charge in [-0.1, -0.05) is 23.8 Å². The molecule has 0 aromatic heterocycles. The lowest BCUT2D eigenvalue weighted by atomic mass is 10.1. The Morgan fingerprint density at radius 2 is 1.56 bits per heavy atom. The van der Waals surface area contributed by atoms with Crippen molar-refractivity contribution in [2.75, 3.05) is 17.5 Å². The van der Waals surface area contributed by atoms with Crippen LogP contribution in [0.25, 0.3) is 0 Å². The monoisotopic (exact) mass is 508 g/mol. The zero-order valence-corrected chi connectivity index (χ0v) is 21.1. The van der Waals surface area contributed by atoms with E-state index in [1.165, 1.54) is 18.3 Å². The van der Waals surface area contributed by atoms with Gasteiger partial charge in [0.15, 0.2) is 6.61 Å². The lowest BCUT2D eigenvalue weighted by Crippen LogP contribution is -2.39. The highest BCUT2D eigenvalue weighted by Crippen LogP contribution is 2.26. The third kappa shape index (κ3) is 7.16. The second kappa shape index (κ2) is 11.5. The lowest BCUT2D eigenvalue weighted by Gasteiger charge is -2.24. The summed E-state index contributed by atoms with van der Waals surface area (Å²) in [5.74, 6) is -0.731. The number of carbonyl (C=O) groups is 2. The van der Waals surface area contributed by atoms with E-state index in [1.807, 2.05) is 26.8 Å². The molecule has 9 nitrogen and oxygen atoms in total. The van der Waals surface area contributed by atoms with Crippen molar-refractivity contribution in [3.8, 4) is 5.75 Å². The molecule has 3 N–H and O–H groups in total. The van der Waals surface area contributed by atoms with E-state index in [-0.39, 0.29) is 11.5 Å². The first kappa shape index (κ1) is 26.4. The van der Waals surface area contributed by atoms with E-state index in [2.05, 4.69) is 10.5 Å². The molecule has 0 radical (unpaired) electrons. The molecule has 0 aliphatic rings. The number of anilines is 1. The van der Waals surface area contributed by atoms with Gasteiger partial charge in [-0.3, -0.25) is 13.9 Å². The molecule has 3 aromatic rings. The standard InChI is InChI=1S/C26H28N4O5S/c1-18-4-10-24(11-5-18)36(33,34)30(22-13-19(2)12-20(3)14-22)16-26(32)29-28-15-21-6-8-23(9-7-21)35-17-25(27)31/h4-15H,16-17H2,1-3H3,(H2,27,31)(H,29,32)/b28-15-. The summed E-state index contributed by atoms with van der Waals surface area (Å²) in [6, 6.07) is 18.4. The Bertz CT molecular complexity index is 1350. The van der Waals surface area contributed by atoms with E-state index in [4.69, 9.17) is 10.5 Å². The Labute approximate surface area is 210 Å². The number of carbonyl (C=O) groups excluding carboxylic acids is 2. The highest BCUT2D eigenvalue weighted by Gasteiger charge is 2.27. The first-order valence-electron chi connectivity index (χ1n) is 11.1. The molecule has 0 saturated carbocycles. The number of amides is 2. The summed E-state index contributed by atoms with van der Waals surface area (Å²) >= 11 is 0. The van der Waals surface area contributed by atoms with Crippen LogP contribution in [0.2, 0.25) is 0 Å². The number of hydrogen-bond acceptors (Lipinski definition) is 6. The van der Waals surface area contributed by atoms with E-state index >= 15 is 0 Å². The van der Waals surface area contributed by atoms with Crippen LogP contribution in [0.5, 0.6) is 5.75 Å². The zero-order valence-electron chi connectivity index (χ0n) is 20.3. The van der Waals surface area contributed by atoms with Crippen molar-refractivity contribution in [2.45, 2.75) is 25.7 Å². The molecule has 36 heavy (non-hydrogen) atoms. The minimum Gasteiger partial charge on any atom is -0.484 e. The van der Waals surface area contributed by atoms with Crippen molar-refractivity contribution in [3.63, 3.8) is 0 Å². The molecule has 0 saturated heterocycles. The molecule has 0 atom stereocenters. The fourth-order valence-corrected chi connectivity index (χ4v) is 4.80. The molecule has 0 spiro atoms. The fraction of sp³-hybridized carbons (Fsp3) is 0.192. The second-order valence-electron chi connectivity index (χ2n) is 8.29. The van der Waals surface area contributed by atoms with Gasteiger partial charge in [0.05, 0.1) is 16.8 Å². The van der Waals surface area contributed by atoms with E-state index in [9.17, 15) is 18.0 Å². The normalized spacial score (nSPS) is 11.3. The number of hydrazone groups is 1. The highest BCUT2D eigenvalue weighted by molar-refractivity contribution is 7.92. The van der Waals surface area contributed by atoms with Crippen LogP contribution in [0.3, 0.4) is 0 Å². The number of aryl methyl sites for hydroxylation is 3. The SMILES string of the molecule is Cc1ccc(S(=O)(=O)N(CC(=O)N/N=C\c2ccc(OCC(N)=O)cc2)c2cc(C)cc(C)c2)cc1. The first-order chi connectivity index (χ1) is 17.0. The van der Waals surface area contributed by atoms with E-state index < -0.39 is 28.4 Å². The summed E-state index contributed by atoms with van der Waals surface area (Å²) < 4.78 is 33.3. The summed E-state index contributed by atoms with van der Waals surface area (Å²) in [6.07, 6.45) is 1.41. The number of ether oxygens (including phenoxy) is 1. The number of nitrogens with two attached hydrogens (primary N) is 1. The minimum atomic E-state index is -4.02. The predicted octanol–water partition coefficient (Wildman–Crippen LogP) is 2.82. The lowest BCUT2D eigenvalue weighted by molar-refractivity contribution is -0.120. The predicted molar refractivity (Wildman–Crippen MR) is 138 cm³/mol. The van der Waals surface area contributed by atoms with Gasteiger partial charge >= 0.3 is 0 Å². The summed E-state index contributed by atoms with van der Waals surface area (Å²) in [7, 11) is -4.02. The van der Waals surface area contributed by atoms with Gasteiger partial charge in [-0.25, -0.2) is 13.8 Å². The summed E-state index contributed by atoms with van der Waals surface area (Å²) in [4.78, 5) is 23.6. The molecule has 0 aliphatic carbocycles. The molecular formula is C26H28N4O5S. The summed E-state index contributed by atoms with van der Waals surface area (Å²) in [6.45, 7) is 4.90. The second-order valence-corrected chi connectivity index (χ2v) is 10.2. The number of sulfonamides is 1. The molecule has 0 unspecified atom stereocenters. The molecule has 188 valence electrons. The van der Waals surface area contributed by atoms with Crippen molar-refractivity contribution >= 4 is 33.7 Å². The average molecular weight is 509 g/mol. The Kier molecular flexibility index (Phi) is 8.44. The Balaban J connectivity index is 1.77. The summed E-state index contributed by atoms with van der Waals surface area (Å²) in [5.41, 5.74) is 11.1. The van der Waals surface area contributed by atoms with Crippen LogP contribution in [-0.4, -0.2) is 39.6 Å². The molecule has 3 aromatic carbocycles. The average Bonchev–Trinajstić information content (AvgIpc) is 2.81. The maximum Gasteiger partial charge on any atom is 0.264 e. The molecule has 0 aliphatic heterocycles. The molecular weight excluding hydrogens is 480 g/mol. The van der Waals surface area contributed by atoms with Gasteiger partial charge in [0, 0.05) is 0 Å². The van der Waals surface area contributed by atoms with Crippen LogP contribution in [-0.2, 0) is 19.6 Å². The van der Waals surface area contributed by atoms with Crippen LogP contribution in [0.15, 0.2) is 76.7 Å². The fourth-order valence-electron chi connectivity index (χ4n) is 3.40. The van der Waals surface area contributed by atoms with Gasteiger partial charge in [0.2, 0.25) is 0 Å². The van der Waals surface area contributed by atoms with Crippen LogP contribution in [0.4, 0.5) is 5.69 Å². The molecule has 0 heterocycles. The Hall–Kier alpha value is -4.18. The summed E-state index contributed by atoms with van der Waals surface area (Å²) in [5, 5.41) is 3.93. The van der Waals surface area contributed by atoms with Crippen molar-refractivity contribution < 1.29 is 22.7 Å². The largest absolute Gasteiger partial charge is 0.484 e. The minimum absolute atomic E-state index is 0.0854. The third-order valence-electron chi connectivity index (χ3n) is 5.05. The quantitative estimate of drug-likeness (QED) is 0.321. The number of rotatable bonds is 10. The van der Waals surface area contributed by atoms with Crippen LogP contribution in [0.1, 0.15) is 22.3 Å². The Morgan fingerprint density at radius 3 is 2.14 bits per heavy atom. The highest BCUT2D eigenvalue weighted by atomic mass is 32.2. The van der Waals surface area contributed by atoms with Gasteiger partial charge < -0.3 is 10.5 Å². The van der Waals surface area contributed by atoms with Crippen LogP contribution >= 0.6 is 0 Å². The number of nitrogens with zero attached hydrogens (tertiary/aromatic N) is 2. The maximum atomic E-state index is 13.5. The van der Waals surface area contributed by atoms with E-state index in [0.717, 1.165) is 21.0 Å². The van der Waals surface area contributed by atoms with Crippen LogP contribution in [0, 0.1) is 20.8 Å². The van der Waals surface area contributed by atoms with Gasteiger partial charge in [0.1, 0.15) is 12.3 Å². The Morgan fingerprint density at radius 1 is 0.944 bits per heavy atom. The number of nitrogens with one attached hydrogen (secondary N) is 1. The van der Waals surface area contributed by atoms with Crippen molar-refractivity contribution in [3.05, 3.63) is 89.0 Å². The smallest absolute Gasteiger partial charge is 0.264 e.